The summed E-state index contributed by atoms with van der Waals surface area (Å²) < 4.78 is 65.8. The third-order valence-corrected chi connectivity index (χ3v) is 8.95. The summed E-state index contributed by atoms with van der Waals surface area (Å²) in [5.74, 6) is -1.97. The van der Waals surface area contributed by atoms with Gasteiger partial charge in [-0.05, 0) is 41.6 Å². The quantitative estimate of drug-likeness (QED) is 0.351. The molecule has 1 aliphatic rings. The lowest BCUT2D eigenvalue weighted by molar-refractivity contribution is 0.245. The SMILES string of the molecule is CC(C)(C)c1ccc(COc2coc(CN3CCCN(S(=O)(=O)c4cc(F)c(F)cc4Cl)CC3)cc2=O)cc1. The van der Waals surface area contributed by atoms with Gasteiger partial charge >= 0.3 is 0 Å². The predicted octanol–water partition coefficient (Wildman–Crippen LogP) is 5.34. The van der Waals surface area contributed by atoms with E-state index in [1.54, 1.807) is 0 Å². The monoisotopic (exact) mass is 580 g/mol. The summed E-state index contributed by atoms with van der Waals surface area (Å²) in [6.07, 6.45) is 1.78. The standard InChI is InChI=1S/C28H31ClF2N2O5S/c1-28(2,3)20-7-5-19(6-8-20)17-38-26-18-37-21(13-25(26)34)16-32-9-4-10-33(12-11-32)39(35,36)27-15-24(31)23(30)14-22(27)29/h5-8,13-15,18H,4,9-12,16-17H2,1-3H3. The average Bonchev–Trinajstić information content (AvgIpc) is 3.11. The first-order valence-corrected chi connectivity index (χ1v) is 14.4. The Labute approximate surface area is 232 Å². The van der Waals surface area contributed by atoms with Crippen molar-refractivity contribution in [1.82, 2.24) is 9.21 Å². The Morgan fingerprint density at radius 2 is 1.69 bits per heavy atom. The van der Waals surface area contributed by atoms with E-state index in [1.807, 2.05) is 29.2 Å². The molecule has 4 rings (SSSR count). The van der Waals surface area contributed by atoms with E-state index >= 15 is 0 Å². The third-order valence-electron chi connectivity index (χ3n) is 6.59. The minimum Gasteiger partial charge on any atom is -0.482 e. The first-order chi connectivity index (χ1) is 18.3. The molecule has 1 fully saturated rings. The summed E-state index contributed by atoms with van der Waals surface area (Å²) in [5, 5.41) is -0.374. The molecular formula is C28H31ClF2N2O5S. The minimum atomic E-state index is -4.12. The Bertz CT molecular complexity index is 1490. The molecule has 0 spiro atoms. The zero-order chi connectivity index (χ0) is 28.4. The molecule has 0 N–H and O–H groups in total. The zero-order valence-corrected chi connectivity index (χ0v) is 23.6. The molecule has 1 aromatic heterocycles. The van der Waals surface area contributed by atoms with Gasteiger partial charge in [-0.2, -0.15) is 4.31 Å². The summed E-state index contributed by atoms with van der Waals surface area (Å²) in [6.45, 7) is 8.12. The number of ether oxygens (including phenoxy) is 1. The van der Waals surface area contributed by atoms with Crippen LogP contribution in [0.4, 0.5) is 8.78 Å². The van der Waals surface area contributed by atoms with Crippen molar-refractivity contribution in [3.05, 3.63) is 92.5 Å². The van der Waals surface area contributed by atoms with Crippen molar-refractivity contribution in [2.45, 2.75) is 50.7 Å². The molecule has 0 bridgehead atoms. The molecule has 0 amide bonds. The van der Waals surface area contributed by atoms with E-state index in [-0.39, 0.29) is 41.3 Å². The third kappa shape index (κ3) is 7.05. The fourth-order valence-electron chi connectivity index (χ4n) is 4.30. The predicted molar refractivity (Wildman–Crippen MR) is 144 cm³/mol. The van der Waals surface area contributed by atoms with Gasteiger partial charge in [-0.1, -0.05) is 56.6 Å². The van der Waals surface area contributed by atoms with Gasteiger partial charge in [0.2, 0.25) is 21.2 Å². The van der Waals surface area contributed by atoms with E-state index in [0.29, 0.717) is 43.9 Å². The number of sulfonamides is 1. The number of hydrogen-bond donors (Lipinski definition) is 0. The lowest BCUT2D eigenvalue weighted by Gasteiger charge is -2.22. The smallest absolute Gasteiger partial charge is 0.244 e. The highest BCUT2D eigenvalue weighted by Gasteiger charge is 2.30. The van der Waals surface area contributed by atoms with E-state index in [9.17, 15) is 22.0 Å². The zero-order valence-electron chi connectivity index (χ0n) is 22.0. The van der Waals surface area contributed by atoms with E-state index in [2.05, 4.69) is 20.8 Å². The molecule has 0 saturated carbocycles. The molecular weight excluding hydrogens is 550 g/mol. The van der Waals surface area contributed by atoms with Crippen LogP contribution >= 0.6 is 11.6 Å². The van der Waals surface area contributed by atoms with E-state index < -0.39 is 26.6 Å². The van der Waals surface area contributed by atoms with Crippen LogP contribution in [0.3, 0.4) is 0 Å². The van der Waals surface area contributed by atoms with Gasteiger partial charge in [0.05, 0.1) is 11.6 Å². The molecule has 210 valence electrons. The van der Waals surface area contributed by atoms with Gasteiger partial charge in [-0.3, -0.25) is 9.69 Å². The molecule has 1 aliphatic heterocycles. The van der Waals surface area contributed by atoms with Crippen LogP contribution in [0.25, 0.3) is 0 Å². The van der Waals surface area contributed by atoms with Crippen LogP contribution in [0.5, 0.6) is 5.75 Å². The van der Waals surface area contributed by atoms with Gasteiger partial charge in [0.1, 0.15) is 23.5 Å². The molecule has 1 saturated heterocycles. The molecule has 0 unspecified atom stereocenters. The molecule has 7 nitrogen and oxygen atoms in total. The molecule has 0 radical (unpaired) electrons. The molecule has 0 aliphatic carbocycles. The maximum Gasteiger partial charge on any atom is 0.244 e. The number of rotatable bonds is 7. The van der Waals surface area contributed by atoms with Gasteiger partial charge < -0.3 is 9.15 Å². The van der Waals surface area contributed by atoms with Crippen molar-refractivity contribution in [2.75, 3.05) is 26.2 Å². The van der Waals surface area contributed by atoms with E-state index in [0.717, 1.165) is 5.56 Å². The molecule has 39 heavy (non-hydrogen) atoms. The van der Waals surface area contributed by atoms with Gasteiger partial charge in [0.15, 0.2) is 11.6 Å². The maximum absolute atomic E-state index is 13.7. The van der Waals surface area contributed by atoms with Crippen molar-refractivity contribution < 1.29 is 26.4 Å². The van der Waals surface area contributed by atoms with Crippen LogP contribution < -0.4 is 10.2 Å². The van der Waals surface area contributed by atoms with Crippen LogP contribution in [0, 0.1) is 11.6 Å². The number of hydrogen-bond acceptors (Lipinski definition) is 6. The second kappa shape index (κ2) is 11.8. The summed E-state index contributed by atoms with van der Waals surface area (Å²) >= 11 is 5.91. The highest BCUT2D eigenvalue weighted by Crippen LogP contribution is 2.28. The average molecular weight is 581 g/mol. The molecule has 0 atom stereocenters. The highest BCUT2D eigenvalue weighted by atomic mass is 35.5. The van der Waals surface area contributed by atoms with Crippen LogP contribution in [0.2, 0.25) is 5.02 Å². The second-order valence-electron chi connectivity index (χ2n) is 10.5. The Morgan fingerprint density at radius 1 is 1.00 bits per heavy atom. The van der Waals surface area contributed by atoms with E-state index in [4.69, 9.17) is 20.8 Å². The summed E-state index contributed by atoms with van der Waals surface area (Å²) in [5.41, 5.74) is 1.87. The maximum atomic E-state index is 13.7. The Hall–Kier alpha value is -2.79. The summed E-state index contributed by atoms with van der Waals surface area (Å²) in [6, 6.07) is 10.7. The van der Waals surface area contributed by atoms with Crippen molar-refractivity contribution >= 4 is 21.6 Å². The topological polar surface area (TPSA) is 80.1 Å². The second-order valence-corrected chi connectivity index (χ2v) is 12.9. The Kier molecular flexibility index (Phi) is 8.80. The molecule has 11 heteroatoms. The first-order valence-electron chi connectivity index (χ1n) is 12.6. The lowest BCUT2D eigenvalue weighted by Crippen LogP contribution is -2.35. The van der Waals surface area contributed by atoms with Crippen molar-refractivity contribution in [3.8, 4) is 5.75 Å². The van der Waals surface area contributed by atoms with Crippen molar-refractivity contribution in [2.24, 2.45) is 0 Å². The number of nitrogens with zero attached hydrogens (tertiary/aromatic N) is 2. The Balaban J connectivity index is 1.36. The fourth-order valence-corrected chi connectivity index (χ4v) is 6.27. The molecule has 2 heterocycles. The fraction of sp³-hybridized carbons (Fsp3) is 0.393. The molecule has 3 aromatic rings. The molecule has 2 aromatic carbocycles. The van der Waals surface area contributed by atoms with Gasteiger partial charge in [-0.25, -0.2) is 17.2 Å². The number of halogens is 3. The van der Waals surface area contributed by atoms with Crippen molar-refractivity contribution in [1.29, 1.82) is 0 Å². The normalized spacial score (nSPS) is 15.7. The number of benzene rings is 2. The van der Waals surface area contributed by atoms with Crippen LogP contribution in [0.15, 0.2) is 62.8 Å². The summed E-state index contributed by atoms with van der Waals surface area (Å²) in [7, 11) is -4.12. The van der Waals surface area contributed by atoms with Crippen molar-refractivity contribution in [3.63, 3.8) is 0 Å². The van der Waals surface area contributed by atoms with E-state index in [1.165, 1.54) is 22.2 Å². The summed E-state index contributed by atoms with van der Waals surface area (Å²) in [4.78, 5) is 14.1. The van der Waals surface area contributed by atoms with Crippen LogP contribution in [-0.2, 0) is 28.6 Å². The Morgan fingerprint density at radius 3 is 2.36 bits per heavy atom. The first kappa shape index (κ1) is 29.2. The minimum absolute atomic E-state index is 0.0476. The lowest BCUT2D eigenvalue weighted by atomic mass is 9.87. The largest absolute Gasteiger partial charge is 0.482 e. The van der Waals surface area contributed by atoms with Crippen LogP contribution in [0.1, 0.15) is 44.1 Å². The van der Waals surface area contributed by atoms with Crippen LogP contribution in [-0.4, -0.2) is 43.8 Å². The van der Waals surface area contributed by atoms with Gasteiger partial charge in [-0.15, -0.1) is 0 Å². The highest BCUT2D eigenvalue weighted by molar-refractivity contribution is 7.89. The van der Waals surface area contributed by atoms with Gasteiger partial charge in [0, 0.05) is 25.7 Å². The van der Waals surface area contributed by atoms with Gasteiger partial charge in [0.25, 0.3) is 0 Å².